The van der Waals surface area contributed by atoms with E-state index in [1.54, 1.807) is 0 Å². The van der Waals surface area contributed by atoms with Crippen molar-refractivity contribution in [2.75, 3.05) is 39.3 Å². The first-order valence-electron chi connectivity index (χ1n) is 9.51. The first-order valence-corrected chi connectivity index (χ1v) is 9.51. The number of aliphatic hydroxyl groups excluding tert-OH is 1. The topological polar surface area (TPSA) is 55.8 Å². The second-order valence-electron chi connectivity index (χ2n) is 7.90. The summed E-state index contributed by atoms with van der Waals surface area (Å²) in [6.07, 6.45) is 8.00. The van der Waals surface area contributed by atoms with Gasteiger partial charge in [-0.3, -0.25) is 9.69 Å². The van der Waals surface area contributed by atoms with Gasteiger partial charge in [-0.25, -0.2) is 0 Å². The molecule has 0 aromatic carbocycles. The fourth-order valence-electron chi connectivity index (χ4n) is 4.13. The Labute approximate surface area is 140 Å². The molecule has 0 radical (unpaired) electrons. The van der Waals surface area contributed by atoms with E-state index in [2.05, 4.69) is 22.0 Å². The second-order valence-corrected chi connectivity index (χ2v) is 7.90. The van der Waals surface area contributed by atoms with Gasteiger partial charge in [0.1, 0.15) is 0 Å². The molecule has 0 unspecified atom stereocenters. The number of carbonyl (C=O) groups excluding carboxylic acids is 1. The lowest BCUT2D eigenvalue weighted by molar-refractivity contribution is -0.124. The predicted octanol–water partition coefficient (Wildman–Crippen LogP) is 1.21. The van der Waals surface area contributed by atoms with Crippen molar-refractivity contribution in [3.63, 3.8) is 0 Å². The Bertz CT molecular complexity index is 389. The fraction of sp³-hybridized carbons (Fsp3) is 0.944. The van der Waals surface area contributed by atoms with E-state index in [0.29, 0.717) is 12.6 Å². The van der Waals surface area contributed by atoms with Crippen LogP contribution in [0.3, 0.4) is 0 Å². The molecule has 1 saturated carbocycles. The summed E-state index contributed by atoms with van der Waals surface area (Å²) >= 11 is 0. The van der Waals surface area contributed by atoms with Crippen molar-refractivity contribution in [1.29, 1.82) is 0 Å². The van der Waals surface area contributed by atoms with E-state index < -0.39 is 0 Å². The molecule has 1 aliphatic carbocycles. The van der Waals surface area contributed by atoms with Gasteiger partial charge < -0.3 is 15.3 Å². The largest absolute Gasteiger partial charge is 0.396 e. The second kappa shape index (κ2) is 7.49. The monoisotopic (exact) mass is 323 g/mol. The highest BCUT2D eigenvalue weighted by Gasteiger charge is 2.34. The first-order chi connectivity index (χ1) is 11.1. The molecule has 0 spiro atoms. The normalized spacial score (nSPS) is 27.0. The number of carbonyl (C=O) groups is 1. The lowest BCUT2D eigenvalue weighted by Crippen LogP contribution is -2.50. The zero-order valence-electron chi connectivity index (χ0n) is 14.6. The maximum atomic E-state index is 12.3. The van der Waals surface area contributed by atoms with Crippen molar-refractivity contribution in [2.45, 2.75) is 64.0 Å². The average Bonchev–Trinajstić information content (AvgIpc) is 3.41. The van der Waals surface area contributed by atoms with E-state index in [1.165, 1.54) is 12.8 Å². The number of nitrogens with one attached hydrogen (secondary N) is 1. The van der Waals surface area contributed by atoms with E-state index in [4.69, 9.17) is 0 Å². The van der Waals surface area contributed by atoms with Crippen LogP contribution in [-0.2, 0) is 4.79 Å². The number of amides is 1. The summed E-state index contributed by atoms with van der Waals surface area (Å²) in [6, 6.07) is 1.22. The maximum Gasteiger partial charge on any atom is 0.234 e. The summed E-state index contributed by atoms with van der Waals surface area (Å²) in [5.41, 5.74) is 0.0998. The van der Waals surface area contributed by atoms with Crippen molar-refractivity contribution in [3.05, 3.63) is 0 Å². The van der Waals surface area contributed by atoms with Gasteiger partial charge in [-0.15, -0.1) is 0 Å². The molecule has 132 valence electrons. The molecule has 0 bridgehead atoms. The Kier molecular flexibility index (Phi) is 5.60. The third-order valence-corrected chi connectivity index (χ3v) is 6.33. The van der Waals surface area contributed by atoms with E-state index in [-0.39, 0.29) is 17.9 Å². The Morgan fingerprint density at radius 3 is 2.30 bits per heavy atom. The van der Waals surface area contributed by atoms with E-state index in [0.717, 1.165) is 64.3 Å². The lowest BCUT2D eigenvalue weighted by atomic mass is 9.77. The Hall–Kier alpha value is -0.650. The summed E-state index contributed by atoms with van der Waals surface area (Å²) in [5, 5.41) is 12.8. The summed E-state index contributed by atoms with van der Waals surface area (Å²) in [6.45, 7) is 7.12. The van der Waals surface area contributed by atoms with Crippen LogP contribution < -0.4 is 5.32 Å². The standard InChI is InChI=1S/C18H33N3O2/c1-2-18(14-22)7-11-20(12-8-18)13-17(23)19-15-5-9-21(10-6-15)16-3-4-16/h15-16,22H,2-14H2,1H3,(H,19,23). The molecule has 5 heteroatoms. The Morgan fingerprint density at radius 1 is 1.13 bits per heavy atom. The van der Waals surface area contributed by atoms with Gasteiger partial charge in [0, 0.05) is 31.8 Å². The van der Waals surface area contributed by atoms with Crippen LogP contribution >= 0.6 is 0 Å². The first kappa shape index (κ1) is 17.2. The maximum absolute atomic E-state index is 12.3. The Morgan fingerprint density at radius 2 is 1.78 bits per heavy atom. The molecule has 0 aromatic rings. The minimum Gasteiger partial charge on any atom is -0.396 e. The van der Waals surface area contributed by atoms with E-state index in [1.807, 2.05) is 0 Å². The molecule has 3 fully saturated rings. The molecule has 3 aliphatic rings. The van der Waals surface area contributed by atoms with Crippen LogP contribution in [0.25, 0.3) is 0 Å². The van der Waals surface area contributed by atoms with Crippen LogP contribution in [0.1, 0.15) is 51.9 Å². The number of aliphatic hydroxyl groups is 1. The molecule has 2 saturated heterocycles. The number of likely N-dealkylation sites (tertiary alicyclic amines) is 2. The minimum absolute atomic E-state index is 0.0998. The lowest BCUT2D eigenvalue weighted by Gasteiger charge is -2.40. The van der Waals surface area contributed by atoms with Gasteiger partial charge in [-0.1, -0.05) is 6.92 Å². The van der Waals surface area contributed by atoms with Gasteiger partial charge >= 0.3 is 0 Å². The van der Waals surface area contributed by atoms with Crippen molar-refractivity contribution in [1.82, 2.24) is 15.1 Å². The molecular weight excluding hydrogens is 290 g/mol. The number of hydrogen-bond donors (Lipinski definition) is 2. The van der Waals surface area contributed by atoms with Gasteiger partial charge in [0.15, 0.2) is 0 Å². The van der Waals surface area contributed by atoms with Crippen molar-refractivity contribution >= 4 is 5.91 Å². The predicted molar refractivity (Wildman–Crippen MR) is 91.2 cm³/mol. The molecular formula is C18H33N3O2. The molecule has 2 aliphatic heterocycles. The quantitative estimate of drug-likeness (QED) is 0.771. The highest BCUT2D eigenvalue weighted by molar-refractivity contribution is 5.78. The number of rotatable bonds is 6. The molecule has 0 atom stereocenters. The third-order valence-electron chi connectivity index (χ3n) is 6.33. The number of hydrogen-bond acceptors (Lipinski definition) is 4. The molecule has 2 heterocycles. The van der Waals surface area contributed by atoms with Crippen molar-refractivity contribution in [3.8, 4) is 0 Å². The summed E-state index contributed by atoms with van der Waals surface area (Å²) in [5.74, 6) is 0.183. The molecule has 1 amide bonds. The van der Waals surface area contributed by atoms with Crippen LogP contribution in [0.4, 0.5) is 0 Å². The van der Waals surface area contributed by atoms with Crippen LogP contribution in [0.5, 0.6) is 0 Å². The smallest absolute Gasteiger partial charge is 0.234 e. The molecule has 3 rings (SSSR count). The van der Waals surface area contributed by atoms with Crippen molar-refractivity contribution in [2.24, 2.45) is 5.41 Å². The molecule has 23 heavy (non-hydrogen) atoms. The number of piperidine rings is 2. The fourth-order valence-corrected chi connectivity index (χ4v) is 4.13. The van der Waals surface area contributed by atoms with Gasteiger partial charge in [0.2, 0.25) is 5.91 Å². The van der Waals surface area contributed by atoms with E-state index in [9.17, 15) is 9.90 Å². The van der Waals surface area contributed by atoms with Gasteiger partial charge in [0.25, 0.3) is 0 Å². The molecule has 5 nitrogen and oxygen atoms in total. The zero-order chi connectivity index (χ0) is 16.3. The highest BCUT2D eigenvalue weighted by Crippen LogP contribution is 2.34. The van der Waals surface area contributed by atoms with Gasteiger partial charge in [0.05, 0.1) is 6.54 Å². The number of nitrogens with zero attached hydrogens (tertiary/aromatic N) is 2. The van der Waals surface area contributed by atoms with Crippen LogP contribution in [0.2, 0.25) is 0 Å². The SMILES string of the molecule is CCC1(CO)CCN(CC(=O)NC2CCN(C3CC3)CC2)CC1. The molecule has 2 N–H and O–H groups in total. The van der Waals surface area contributed by atoms with Crippen LogP contribution in [0, 0.1) is 5.41 Å². The highest BCUT2D eigenvalue weighted by atomic mass is 16.3. The summed E-state index contributed by atoms with van der Waals surface area (Å²) in [7, 11) is 0. The Balaban J connectivity index is 1.35. The van der Waals surface area contributed by atoms with Gasteiger partial charge in [-0.2, -0.15) is 0 Å². The van der Waals surface area contributed by atoms with Crippen LogP contribution in [-0.4, -0.2) is 72.2 Å². The van der Waals surface area contributed by atoms with Crippen LogP contribution in [0.15, 0.2) is 0 Å². The average molecular weight is 323 g/mol. The zero-order valence-corrected chi connectivity index (χ0v) is 14.6. The molecule has 0 aromatic heterocycles. The summed E-state index contributed by atoms with van der Waals surface area (Å²) < 4.78 is 0. The van der Waals surface area contributed by atoms with E-state index >= 15 is 0 Å². The summed E-state index contributed by atoms with van der Waals surface area (Å²) in [4.78, 5) is 17.1. The minimum atomic E-state index is 0.0998. The van der Waals surface area contributed by atoms with Gasteiger partial charge in [-0.05, 0) is 63.5 Å². The third kappa shape index (κ3) is 4.46. The van der Waals surface area contributed by atoms with Crippen molar-refractivity contribution < 1.29 is 9.90 Å².